The molecule has 1 nitrogen and oxygen atoms in total. The monoisotopic (exact) mass is 327 g/mol. The Morgan fingerprint density at radius 1 is 1.14 bits per heavy atom. The second kappa shape index (κ2) is 7.78. The average Bonchev–Trinajstić information content (AvgIpc) is 2.48. The Kier molecular flexibility index (Phi) is 6.03. The second-order valence-corrected chi connectivity index (χ2v) is 6.16. The highest BCUT2D eigenvalue weighted by atomic mass is 35.5. The summed E-state index contributed by atoms with van der Waals surface area (Å²) in [6.07, 6.45) is 0.510. The van der Waals surface area contributed by atoms with Gasteiger partial charge in [0.2, 0.25) is 0 Å². The minimum atomic E-state index is -0.283. The molecule has 1 atom stereocenters. The Labute approximate surface area is 132 Å². The van der Waals surface area contributed by atoms with Gasteiger partial charge in [-0.25, -0.2) is 8.78 Å². The van der Waals surface area contributed by atoms with E-state index >= 15 is 0 Å². The topological polar surface area (TPSA) is 12.0 Å². The fourth-order valence-corrected chi connectivity index (χ4v) is 3.19. The minimum Gasteiger partial charge on any atom is -0.316 e. The summed E-state index contributed by atoms with van der Waals surface area (Å²) in [5.74, 6) is 0.212. The molecule has 1 unspecified atom stereocenters. The van der Waals surface area contributed by atoms with Gasteiger partial charge in [0.25, 0.3) is 0 Å². The van der Waals surface area contributed by atoms with E-state index in [0.717, 1.165) is 10.6 Å². The summed E-state index contributed by atoms with van der Waals surface area (Å²) in [5, 5.41) is 3.61. The lowest BCUT2D eigenvalue weighted by molar-refractivity contribution is 0.568. The molecule has 0 saturated heterocycles. The van der Waals surface area contributed by atoms with Crippen molar-refractivity contribution in [3.63, 3.8) is 0 Å². The Morgan fingerprint density at radius 3 is 2.48 bits per heavy atom. The fourth-order valence-electron chi connectivity index (χ4n) is 1.95. The van der Waals surface area contributed by atoms with Crippen LogP contribution in [0.15, 0.2) is 47.4 Å². The van der Waals surface area contributed by atoms with E-state index in [-0.39, 0.29) is 17.7 Å². The first-order valence-electron chi connectivity index (χ1n) is 6.58. The Bertz CT molecular complexity index is 569. The maximum Gasteiger partial charge on any atom is 0.127 e. The third-order valence-electron chi connectivity index (χ3n) is 3.19. The lowest BCUT2D eigenvalue weighted by atomic mass is 10.1. The molecule has 0 aliphatic rings. The molecule has 0 heterocycles. The number of benzene rings is 2. The number of halogens is 3. The van der Waals surface area contributed by atoms with E-state index in [9.17, 15) is 8.78 Å². The highest BCUT2D eigenvalue weighted by Gasteiger charge is 2.14. The van der Waals surface area contributed by atoms with Crippen LogP contribution in [0.1, 0.15) is 5.56 Å². The molecule has 2 rings (SSSR count). The van der Waals surface area contributed by atoms with Crippen molar-refractivity contribution in [3.05, 3.63) is 64.7 Å². The molecule has 0 aromatic heterocycles. The molecule has 5 heteroatoms. The van der Waals surface area contributed by atoms with Gasteiger partial charge in [-0.15, -0.1) is 11.8 Å². The third-order valence-corrected chi connectivity index (χ3v) is 4.71. The van der Waals surface area contributed by atoms with Crippen LogP contribution in [0, 0.1) is 11.6 Å². The summed E-state index contributed by atoms with van der Waals surface area (Å²) < 4.78 is 26.6. The quantitative estimate of drug-likeness (QED) is 0.782. The van der Waals surface area contributed by atoms with Crippen LogP contribution in [-0.2, 0) is 6.42 Å². The van der Waals surface area contributed by atoms with Crippen LogP contribution >= 0.6 is 23.4 Å². The zero-order valence-electron chi connectivity index (χ0n) is 11.6. The lowest BCUT2D eigenvalue weighted by Gasteiger charge is -2.17. The zero-order valence-corrected chi connectivity index (χ0v) is 13.1. The number of hydrogen-bond acceptors (Lipinski definition) is 2. The number of thioether (sulfide) groups is 1. The smallest absolute Gasteiger partial charge is 0.127 e. The summed E-state index contributed by atoms with van der Waals surface area (Å²) >= 11 is 7.65. The fraction of sp³-hybridized carbons (Fsp3) is 0.250. The predicted octanol–water partition coefficient (Wildman–Crippen LogP) is 4.54. The zero-order chi connectivity index (χ0) is 15.2. The number of rotatable bonds is 6. The van der Waals surface area contributed by atoms with Gasteiger partial charge < -0.3 is 5.32 Å². The third kappa shape index (κ3) is 4.70. The van der Waals surface area contributed by atoms with Gasteiger partial charge in [-0.2, -0.15) is 0 Å². The van der Waals surface area contributed by atoms with Crippen molar-refractivity contribution in [2.45, 2.75) is 17.4 Å². The standard InChI is InChI=1S/C16H16ClF2NS/c1-20-12(9-14-15(17)3-2-4-16(14)19)10-21-13-7-5-11(18)6-8-13/h2-8,12,20H,9-10H2,1H3. The highest BCUT2D eigenvalue weighted by molar-refractivity contribution is 7.99. The summed E-state index contributed by atoms with van der Waals surface area (Å²) in [7, 11) is 1.84. The van der Waals surface area contributed by atoms with E-state index in [1.165, 1.54) is 18.2 Å². The van der Waals surface area contributed by atoms with Gasteiger partial charge in [0.15, 0.2) is 0 Å². The van der Waals surface area contributed by atoms with Crippen molar-refractivity contribution in [3.8, 4) is 0 Å². The van der Waals surface area contributed by atoms with Crippen LogP contribution in [0.4, 0.5) is 8.78 Å². The number of nitrogens with one attached hydrogen (secondary N) is 1. The van der Waals surface area contributed by atoms with E-state index in [0.29, 0.717) is 17.0 Å². The molecule has 0 fully saturated rings. The summed E-state index contributed by atoms with van der Waals surface area (Å²) in [4.78, 5) is 0.983. The number of hydrogen-bond donors (Lipinski definition) is 1. The van der Waals surface area contributed by atoms with Gasteiger partial charge in [0.05, 0.1) is 0 Å². The van der Waals surface area contributed by atoms with E-state index in [2.05, 4.69) is 5.32 Å². The molecular formula is C16H16ClF2NS. The van der Waals surface area contributed by atoms with Crippen molar-refractivity contribution >= 4 is 23.4 Å². The van der Waals surface area contributed by atoms with Crippen molar-refractivity contribution in [1.82, 2.24) is 5.32 Å². The van der Waals surface area contributed by atoms with Crippen LogP contribution < -0.4 is 5.32 Å². The molecule has 0 saturated carbocycles. The van der Waals surface area contributed by atoms with Crippen LogP contribution in [0.3, 0.4) is 0 Å². The van der Waals surface area contributed by atoms with Crippen LogP contribution in [0.2, 0.25) is 5.02 Å². The molecule has 2 aromatic carbocycles. The van der Waals surface area contributed by atoms with Crippen LogP contribution in [0.5, 0.6) is 0 Å². The van der Waals surface area contributed by atoms with Gasteiger partial charge in [0, 0.05) is 27.3 Å². The molecule has 0 spiro atoms. The lowest BCUT2D eigenvalue weighted by Crippen LogP contribution is -2.30. The molecule has 21 heavy (non-hydrogen) atoms. The van der Waals surface area contributed by atoms with Crippen molar-refractivity contribution in [2.75, 3.05) is 12.8 Å². The SMILES string of the molecule is CNC(CSc1ccc(F)cc1)Cc1c(F)cccc1Cl. The van der Waals surface area contributed by atoms with E-state index in [1.807, 2.05) is 7.05 Å². The predicted molar refractivity (Wildman–Crippen MR) is 85.1 cm³/mol. The number of likely N-dealkylation sites (N-methyl/N-ethyl adjacent to an activating group) is 1. The van der Waals surface area contributed by atoms with E-state index in [1.54, 1.807) is 36.0 Å². The van der Waals surface area contributed by atoms with E-state index in [4.69, 9.17) is 11.6 Å². The van der Waals surface area contributed by atoms with Gasteiger partial charge >= 0.3 is 0 Å². The van der Waals surface area contributed by atoms with Crippen LogP contribution in [0.25, 0.3) is 0 Å². The molecule has 0 bridgehead atoms. The summed E-state index contributed by atoms with van der Waals surface area (Å²) in [6.45, 7) is 0. The van der Waals surface area contributed by atoms with E-state index < -0.39 is 0 Å². The molecule has 0 aliphatic carbocycles. The maximum atomic E-state index is 13.8. The first kappa shape index (κ1) is 16.3. The minimum absolute atomic E-state index is 0.0782. The Morgan fingerprint density at radius 2 is 1.86 bits per heavy atom. The average molecular weight is 328 g/mol. The van der Waals surface area contributed by atoms with Crippen LogP contribution in [-0.4, -0.2) is 18.8 Å². The molecule has 112 valence electrons. The maximum absolute atomic E-state index is 13.8. The Hall–Kier alpha value is -1.10. The van der Waals surface area contributed by atoms with Gasteiger partial charge in [-0.3, -0.25) is 0 Å². The molecule has 0 aliphatic heterocycles. The van der Waals surface area contributed by atoms with Crippen molar-refractivity contribution in [1.29, 1.82) is 0 Å². The molecular weight excluding hydrogens is 312 g/mol. The largest absolute Gasteiger partial charge is 0.316 e. The normalized spacial score (nSPS) is 12.4. The first-order valence-corrected chi connectivity index (χ1v) is 7.95. The van der Waals surface area contributed by atoms with Crippen molar-refractivity contribution < 1.29 is 8.78 Å². The summed E-state index contributed by atoms with van der Waals surface area (Å²) in [6, 6.07) is 11.1. The van der Waals surface area contributed by atoms with Gasteiger partial charge in [0.1, 0.15) is 11.6 Å². The highest BCUT2D eigenvalue weighted by Crippen LogP contribution is 2.24. The molecule has 2 aromatic rings. The second-order valence-electron chi connectivity index (χ2n) is 4.65. The summed E-state index contributed by atoms with van der Waals surface area (Å²) in [5.41, 5.74) is 0.526. The molecule has 1 N–H and O–H groups in total. The molecule has 0 amide bonds. The molecule has 0 radical (unpaired) electrons. The van der Waals surface area contributed by atoms with Gasteiger partial charge in [-0.05, 0) is 49.9 Å². The first-order chi connectivity index (χ1) is 10.1. The Balaban J connectivity index is 1.98. The van der Waals surface area contributed by atoms with Gasteiger partial charge in [-0.1, -0.05) is 17.7 Å². The van der Waals surface area contributed by atoms with Crippen molar-refractivity contribution in [2.24, 2.45) is 0 Å².